The number of nitrogens with zero attached hydrogens (tertiary/aromatic N) is 4. The summed E-state index contributed by atoms with van der Waals surface area (Å²) in [4.78, 5) is 38.5. The molecule has 4 aromatic heterocycles. The van der Waals surface area contributed by atoms with Crippen molar-refractivity contribution in [3.8, 4) is 22.8 Å². The molecule has 4 aromatic rings. The van der Waals surface area contributed by atoms with Crippen LogP contribution < -0.4 is 10.4 Å². The van der Waals surface area contributed by atoms with Crippen LogP contribution in [0.15, 0.2) is 85.5 Å². The first kappa shape index (κ1) is 36.5. The number of rotatable bonds is 8. The van der Waals surface area contributed by atoms with Gasteiger partial charge in [0.2, 0.25) is 16.6 Å². The third-order valence-electron chi connectivity index (χ3n) is 6.80. The molecule has 0 bridgehead atoms. The maximum atomic E-state index is 10.5. The predicted octanol–water partition coefficient (Wildman–Crippen LogP) is 3.00. The molecule has 11 heteroatoms. The Kier molecular flexibility index (Phi) is 16.1. The zero-order valence-corrected chi connectivity index (χ0v) is 26.7. The summed E-state index contributed by atoms with van der Waals surface area (Å²) in [6.07, 6.45) is 7.13. The van der Waals surface area contributed by atoms with Gasteiger partial charge in [0.25, 0.3) is 0 Å². The van der Waals surface area contributed by atoms with Gasteiger partial charge in [0.15, 0.2) is 0 Å². The van der Waals surface area contributed by atoms with Gasteiger partial charge in [0, 0.05) is 44.3 Å². The average molecular weight is 654 g/mol. The fourth-order valence-electron chi connectivity index (χ4n) is 3.99. The quantitative estimate of drug-likeness (QED) is 0.279. The van der Waals surface area contributed by atoms with E-state index in [1.165, 1.54) is 0 Å². The van der Waals surface area contributed by atoms with E-state index in [0.29, 0.717) is 0 Å². The van der Waals surface area contributed by atoms with Crippen molar-refractivity contribution < 1.29 is 40.0 Å². The van der Waals surface area contributed by atoms with E-state index in [1.807, 2.05) is 101 Å². The van der Waals surface area contributed by atoms with Crippen LogP contribution in [0.25, 0.3) is 22.8 Å². The van der Waals surface area contributed by atoms with Gasteiger partial charge in [0.05, 0.1) is 22.8 Å². The smallest absolute Gasteiger partial charge is 0.221 e. The van der Waals surface area contributed by atoms with Crippen LogP contribution in [0.1, 0.15) is 27.7 Å². The van der Waals surface area contributed by atoms with E-state index in [0.717, 1.165) is 57.3 Å². The Balaban J connectivity index is 0.000000688. The number of pyridine rings is 4. The molecule has 0 aromatic carbocycles. The summed E-state index contributed by atoms with van der Waals surface area (Å²) < 4.78 is 0. The first-order chi connectivity index (χ1) is 17.4. The van der Waals surface area contributed by atoms with Crippen LogP contribution in [0.4, 0.5) is 0 Å². The molecule has 6 N–H and O–H groups in total. The first-order valence-electron chi connectivity index (χ1n) is 12.6. The molecule has 8 nitrogen and oxygen atoms in total. The summed E-state index contributed by atoms with van der Waals surface area (Å²) in [5, 5.41) is 2.01. The van der Waals surface area contributed by atoms with Gasteiger partial charge in [-0.1, -0.05) is 52.0 Å². The minimum atomic E-state index is -2.28. The van der Waals surface area contributed by atoms with Crippen LogP contribution in [0.5, 0.6) is 0 Å². The Morgan fingerprint density at radius 3 is 1.08 bits per heavy atom. The molecule has 0 aliphatic carbocycles. The van der Waals surface area contributed by atoms with Crippen LogP contribution in [0.2, 0.25) is 24.2 Å². The standard InChI is InChI=1S/2C14H18N2OSi.2H2O.Ru/c2*1-3-18(17,4-2)12-8-9-14(16-11-12)13-7-5-6-10-15-13;;;/h2*5-11,17H,3-4H2,1-2H3;2*1H2;. The topological polar surface area (TPSA) is 155 Å². The van der Waals surface area contributed by atoms with Gasteiger partial charge < -0.3 is 20.5 Å². The van der Waals surface area contributed by atoms with Crippen molar-refractivity contribution in [2.75, 3.05) is 0 Å². The molecule has 39 heavy (non-hydrogen) atoms. The zero-order valence-electron chi connectivity index (χ0n) is 22.9. The molecule has 0 fully saturated rings. The number of hydrogen-bond acceptors (Lipinski definition) is 6. The minimum Gasteiger partial charge on any atom is -0.427 e. The van der Waals surface area contributed by atoms with E-state index in [4.69, 9.17) is 0 Å². The molecule has 0 aliphatic rings. The average Bonchev–Trinajstić information content (AvgIpc) is 2.97. The molecule has 212 valence electrons. The Morgan fingerprint density at radius 1 is 0.513 bits per heavy atom. The molecule has 0 atom stereocenters. The van der Waals surface area contributed by atoms with Crippen molar-refractivity contribution in [2.24, 2.45) is 0 Å². The molecule has 0 saturated carbocycles. The second kappa shape index (κ2) is 17.2. The van der Waals surface area contributed by atoms with Gasteiger partial charge in [-0.15, -0.1) is 0 Å². The summed E-state index contributed by atoms with van der Waals surface area (Å²) in [5.74, 6) is 0. The molecule has 0 unspecified atom stereocenters. The van der Waals surface area contributed by atoms with Gasteiger partial charge in [-0.2, -0.15) is 0 Å². The van der Waals surface area contributed by atoms with Crippen molar-refractivity contribution >= 4 is 27.0 Å². The Bertz CT molecular complexity index is 1100. The summed E-state index contributed by atoms with van der Waals surface area (Å²) >= 11 is 0. The van der Waals surface area contributed by atoms with Crippen molar-refractivity contribution in [2.45, 2.75) is 51.9 Å². The van der Waals surface area contributed by atoms with E-state index in [1.54, 1.807) is 12.4 Å². The van der Waals surface area contributed by atoms with E-state index in [2.05, 4.69) is 19.9 Å². The van der Waals surface area contributed by atoms with Crippen molar-refractivity contribution in [1.29, 1.82) is 0 Å². The molecule has 0 amide bonds. The normalized spacial score (nSPS) is 10.6. The van der Waals surface area contributed by atoms with E-state index in [9.17, 15) is 9.59 Å². The van der Waals surface area contributed by atoms with Gasteiger partial charge >= 0.3 is 0 Å². The van der Waals surface area contributed by atoms with Crippen molar-refractivity contribution in [3.05, 3.63) is 85.5 Å². The Hall–Kier alpha value is -2.50. The van der Waals surface area contributed by atoms with Gasteiger partial charge in [-0.25, -0.2) is 0 Å². The number of aromatic nitrogens is 4. The SMILES string of the molecule is CC[Si](O)(CC)c1ccc(-c2ccccn2)nc1.CC[Si](O)(CC)c1ccc(-c2ccccn2)nc1.O.O.[Ru]. The molecule has 0 saturated heterocycles. The van der Waals surface area contributed by atoms with E-state index < -0.39 is 16.6 Å². The molecular weight excluding hydrogens is 614 g/mol. The number of hydrogen-bond donors (Lipinski definition) is 2. The van der Waals surface area contributed by atoms with Gasteiger partial charge in [0.1, 0.15) is 0 Å². The molecule has 0 radical (unpaired) electrons. The zero-order chi connectivity index (χ0) is 26.0. The molecule has 4 heterocycles. The molecule has 0 spiro atoms. The molecule has 4 rings (SSSR count). The summed E-state index contributed by atoms with van der Waals surface area (Å²) in [6.45, 7) is 8.18. The fourth-order valence-corrected chi connectivity index (χ4v) is 8.02. The Labute approximate surface area is 246 Å². The summed E-state index contributed by atoms with van der Waals surface area (Å²) in [6, 6.07) is 22.7. The van der Waals surface area contributed by atoms with Crippen LogP contribution in [0.3, 0.4) is 0 Å². The Morgan fingerprint density at radius 2 is 0.846 bits per heavy atom. The van der Waals surface area contributed by atoms with Crippen LogP contribution in [-0.2, 0) is 19.5 Å². The van der Waals surface area contributed by atoms with Crippen LogP contribution in [-0.4, -0.2) is 57.1 Å². The van der Waals surface area contributed by atoms with Gasteiger partial charge in [-0.3, -0.25) is 19.9 Å². The van der Waals surface area contributed by atoms with Crippen molar-refractivity contribution in [1.82, 2.24) is 19.9 Å². The molecular formula is C28H40N4O4RuSi2. The first-order valence-corrected chi connectivity index (χ1v) is 17.3. The minimum absolute atomic E-state index is 0. The van der Waals surface area contributed by atoms with Crippen LogP contribution in [0, 0.1) is 0 Å². The van der Waals surface area contributed by atoms with Crippen LogP contribution >= 0.6 is 0 Å². The summed E-state index contributed by atoms with van der Waals surface area (Å²) in [5.41, 5.74) is 3.43. The maximum Gasteiger partial charge on any atom is 0.221 e. The summed E-state index contributed by atoms with van der Waals surface area (Å²) in [7, 11) is -4.56. The predicted molar refractivity (Wildman–Crippen MR) is 159 cm³/mol. The third kappa shape index (κ3) is 9.28. The third-order valence-corrected chi connectivity index (χ3v) is 14.2. The second-order valence-electron chi connectivity index (χ2n) is 8.77. The van der Waals surface area contributed by atoms with Gasteiger partial charge in [-0.05, 0) is 70.9 Å². The second-order valence-corrected chi connectivity index (χ2v) is 16.9. The van der Waals surface area contributed by atoms with E-state index >= 15 is 0 Å². The fraction of sp³-hybridized carbons (Fsp3) is 0.286. The maximum absolute atomic E-state index is 10.5. The monoisotopic (exact) mass is 654 g/mol. The molecule has 0 aliphatic heterocycles. The van der Waals surface area contributed by atoms with E-state index in [-0.39, 0.29) is 30.4 Å². The van der Waals surface area contributed by atoms with Crippen molar-refractivity contribution in [3.63, 3.8) is 0 Å². The largest absolute Gasteiger partial charge is 0.427 e.